The third kappa shape index (κ3) is 27.0. The predicted molar refractivity (Wildman–Crippen MR) is 547 cm³/mol. The number of benzene rings is 18. The molecule has 6 nitrogen and oxygen atoms in total. The van der Waals surface area contributed by atoms with Gasteiger partial charge in [-0.25, -0.2) is 19.9 Å². The number of nitrogens with zero attached hydrogens (tertiary/aromatic N) is 4. The van der Waals surface area contributed by atoms with Gasteiger partial charge in [0.1, 0.15) is 5.15 Å². The molecule has 2 N–H and O–H groups in total. The Labute approximate surface area is 779 Å². The molecule has 20 aromatic rings. The van der Waals surface area contributed by atoms with E-state index in [1.807, 2.05) is 109 Å². The van der Waals surface area contributed by atoms with Crippen molar-refractivity contribution < 1.29 is 30.5 Å². The molecule has 0 spiro atoms. The van der Waals surface area contributed by atoms with E-state index in [2.05, 4.69) is 420 Å². The van der Waals surface area contributed by atoms with Crippen molar-refractivity contribution in [2.24, 2.45) is 0 Å². The fourth-order valence-corrected chi connectivity index (χ4v) is 23.8. The molecule has 0 atom stereocenters. The first-order valence-corrected chi connectivity index (χ1v) is 47.6. The summed E-state index contributed by atoms with van der Waals surface area (Å²) in [5.41, 5.74) is 8.59. The molecule has 0 aliphatic heterocycles. The van der Waals surface area contributed by atoms with E-state index in [9.17, 15) is 0 Å². The van der Waals surface area contributed by atoms with Gasteiger partial charge in [0, 0.05) is 36.8 Å². The van der Waals surface area contributed by atoms with Crippen molar-refractivity contribution in [1.29, 1.82) is 0 Å². The summed E-state index contributed by atoms with van der Waals surface area (Å²) in [7, 11) is -3.18. The van der Waals surface area contributed by atoms with Crippen LogP contribution in [0.4, 0.5) is 0 Å². The van der Waals surface area contributed by atoms with Crippen LogP contribution in [-0.2, 0) is 20.4 Å². The van der Waals surface area contributed by atoms with Crippen molar-refractivity contribution in [3.63, 3.8) is 0 Å². The molecular formula is C112H88BCl3N4O2P4Pd. The first-order chi connectivity index (χ1) is 62.1. The maximum atomic E-state index is 8.94. The molecule has 0 aliphatic rings. The van der Waals surface area contributed by atoms with Crippen LogP contribution in [-0.4, -0.2) is 37.1 Å². The van der Waals surface area contributed by atoms with Gasteiger partial charge in [-0.05, 0) is 164 Å². The summed E-state index contributed by atoms with van der Waals surface area (Å²) in [6.07, 6.45) is 0. The Bertz CT molecular complexity index is 5720. The molecule has 0 unspecified atom stereocenters. The van der Waals surface area contributed by atoms with Gasteiger partial charge in [0.05, 0.1) is 16.7 Å². The van der Waals surface area contributed by atoms with Gasteiger partial charge in [0.25, 0.3) is 0 Å². The molecule has 15 heteroatoms. The quantitative estimate of drug-likeness (QED) is 0.0433. The molecule has 0 saturated heterocycles. The Morgan fingerprint density at radius 3 is 0.606 bits per heavy atom. The largest absolute Gasteiger partial charge is 0.488 e. The van der Waals surface area contributed by atoms with Crippen LogP contribution in [0.3, 0.4) is 0 Å². The molecule has 0 saturated carbocycles. The van der Waals surface area contributed by atoms with Gasteiger partial charge in [-0.15, -0.1) is 0 Å². The number of aromatic nitrogens is 4. The van der Waals surface area contributed by atoms with Crippen LogP contribution in [0.2, 0.25) is 15.7 Å². The smallest absolute Gasteiger partial charge is 0.423 e. The average molecular weight is 1870 g/mol. The van der Waals surface area contributed by atoms with E-state index in [0.29, 0.717) is 10.6 Å². The van der Waals surface area contributed by atoms with Crippen LogP contribution >= 0.6 is 66.5 Å². The Morgan fingerprint density at radius 2 is 0.362 bits per heavy atom. The first-order valence-electron chi connectivity index (χ1n) is 41.1. The Morgan fingerprint density at radius 1 is 0.181 bits per heavy atom. The van der Waals surface area contributed by atoms with E-state index in [4.69, 9.17) is 44.9 Å². The van der Waals surface area contributed by atoms with Crippen molar-refractivity contribution in [2.45, 2.75) is 0 Å². The molecule has 20 rings (SSSR count). The van der Waals surface area contributed by atoms with Crippen molar-refractivity contribution in [1.82, 2.24) is 19.9 Å². The second-order valence-electron chi connectivity index (χ2n) is 28.3. The molecule has 0 radical (unpaired) electrons. The van der Waals surface area contributed by atoms with E-state index in [0.717, 1.165) is 44.2 Å². The van der Waals surface area contributed by atoms with Crippen LogP contribution in [0, 0.1) is 0 Å². The fourth-order valence-electron chi connectivity index (χ4n) is 13.9. The van der Waals surface area contributed by atoms with Crippen LogP contribution in [0.5, 0.6) is 0 Å². The molecule has 622 valence electrons. The zero-order chi connectivity index (χ0) is 86.5. The minimum absolute atomic E-state index is 0. The standard InChI is InChI=1S/C20H13ClN2.4C18H15P.C12H11BO2.C8H4Cl2N2.Pd/c21-20-22-18-9-5-4-8-17(18)19(23-20)16-12-10-15(11-13-16)14-6-2-1-3-7-14;4*1-4-10-16(11-5-1)19(17-12-6-2-7-13-17)18-14-8-3-9-15-18;14-13(15)12-8-6-11(7-9-12)10-4-2-1-3-5-10;9-7-5-3-1-2-4-6(5)11-8(10)12-7;/h1-13H;4*1-15H;1-9,14-15H;1-4H;. The number of para-hydroxylation sites is 2. The van der Waals surface area contributed by atoms with E-state index < -0.39 is 38.8 Å². The van der Waals surface area contributed by atoms with Crippen LogP contribution in [0.1, 0.15) is 0 Å². The molecule has 18 aromatic carbocycles. The summed E-state index contributed by atoms with van der Waals surface area (Å²) in [4.78, 5) is 16.5. The summed E-state index contributed by atoms with van der Waals surface area (Å²) < 4.78 is 0. The maximum Gasteiger partial charge on any atom is 0.488 e. The molecular weight excluding hydrogens is 1780 g/mol. The van der Waals surface area contributed by atoms with Gasteiger partial charge in [0.15, 0.2) is 0 Å². The fraction of sp³-hybridized carbons (Fsp3) is 0. The second-order valence-corrected chi connectivity index (χ2v) is 38.2. The third-order valence-electron chi connectivity index (χ3n) is 19.9. The zero-order valence-corrected chi connectivity index (χ0v) is 76.6. The summed E-state index contributed by atoms with van der Waals surface area (Å²) in [6, 6.07) is 180. The van der Waals surface area contributed by atoms with E-state index in [-0.39, 0.29) is 31.0 Å². The summed E-state index contributed by atoms with van der Waals surface area (Å²) in [6.45, 7) is 0. The molecule has 2 heterocycles. The number of rotatable bonds is 16. The molecule has 127 heavy (non-hydrogen) atoms. The Balaban J connectivity index is 0.000000127. The van der Waals surface area contributed by atoms with E-state index in [1.165, 1.54) is 74.8 Å². The predicted octanol–water partition coefficient (Wildman–Crippen LogP) is 23.4. The van der Waals surface area contributed by atoms with Gasteiger partial charge >= 0.3 is 7.12 Å². The summed E-state index contributed by atoms with van der Waals surface area (Å²) in [5.74, 6) is 0. The van der Waals surface area contributed by atoms with Crippen molar-refractivity contribution in [3.05, 3.63) is 537 Å². The number of hydrogen-bond acceptors (Lipinski definition) is 6. The minimum atomic E-state index is -1.39. The third-order valence-corrected chi connectivity index (χ3v) is 30.3. The number of halogens is 3. The molecule has 0 fully saturated rings. The monoisotopic (exact) mass is 1870 g/mol. The average Bonchev–Trinajstić information content (AvgIpc) is 0.780. The van der Waals surface area contributed by atoms with E-state index >= 15 is 0 Å². The van der Waals surface area contributed by atoms with Gasteiger partial charge < -0.3 is 10.0 Å². The second kappa shape index (κ2) is 49.7. The Hall–Kier alpha value is -12.1. The van der Waals surface area contributed by atoms with Crippen molar-refractivity contribution in [2.75, 3.05) is 0 Å². The van der Waals surface area contributed by atoms with E-state index in [1.54, 1.807) is 12.1 Å². The van der Waals surface area contributed by atoms with Crippen molar-refractivity contribution in [3.8, 4) is 33.5 Å². The number of hydrogen-bond donors (Lipinski definition) is 2. The van der Waals surface area contributed by atoms with Gasteiger partial charge in [-0.3, -0.25) is 0 Å². The summed E-state index contributed by atoms with van der Waals surface area (Å²) >= 11 is 17.5. The molecule has 2 aromatic heterocycles. The van der Waals surface area contributed by atoms with Crippen LogP contribution < -0.4 is 69.1 Å². The van der Waals surface area contributed by atoms with Gasteiger partial charge in [-0.2, -0.15) is 0 Å². The normalized spacial score (nSPS) is 10.5. The van der Waals surface area contributed by atoms with Crippen LogP contribution in [0.25, 0.3) is 55.3 Å². The summed E-state index contributed by atoms with van der Waals surface area (Å²) in [5, 5.41) is 37.3. The van der Waals surface area contributed by atoms with Gasteiger partial charge in [-0.1, -0.05) is 515 Å². The number of fused-ring (bicyclic) bond motifs is 2. The SMILES string of the molecule is Clc1nc(-c2ccc(-c3ccccc3)cc2)c2ccccc2n1.Clc1nc(Cl)c2ccccc2n1.OB(O)c1ccc(-c2ccccc2)cc1.[Pd].c1ccc(P(c2ccccc2)c2ccccc2)cc1.c1ccc(P(c2ccccc2)c2ccccc2)cc1.c1ccc(P(c2ccccc2)c2ccccc2)cc1.c1ccc(P(c2ccccc2)c2ccccc2)cc1. The molecule has 0 aliphatic carbocycles. The topological polar surface area (TPSA) is 92.0 Å². The van der Waals surface area contributed by atoms with Crippen LogP contribution in [0.15, 0.2) is 522 Å². The minimum Gasteiger partial charge on any atom is -0.423 e. The zero-order valence-electron chi connectivity index (χ0n) is 69.2. The Kier molecular flexibility index (Phi) is 36.2. The first kappa shape index (κ1) is 92.5. The molecule has 0 amide bonds. The van der Waals surface area contributed by atoms with Crippen molar-refractivity contribution >= 4 is 165 Å². The molecule has 0 bridgehead atoms. The van der Waals surface area contributed by atoms with Gasteiger partial charge in [0.2, 0.25) is 10.6 Å². The maximum absolute atomic E-state index is 8.94.